The lowest BCUT2D eigenvalue weighted by atomic mass is 10.3. The SMILES string of the molecule is CCOc1ccc(N(CC(=O)Nc2ccccc2Cl)S(=O)(=O)c2ccc(SC)cc2)cc1. The molecule has 1 N–H and O–H groups in total. The second-order valence-electron chi connectivity index (χ2n) is 6.64. The summed E-state index contributed by atoms with van der Waals surface area (Å²) in [6, 6.07) is 19.9. The van der Waals surface area contributed by atoms with E-state index in [1.165, 1.54) is 23.9 Å². The summed E-state index contributed by atoms with van der Waals surface area (Å²) >= 11 is 7.63. The van der Waals surface area contributed by atoms with Gasteiger partial charge in [0.25, 0.3) is 10.0 Å². The van der Waals surface area contributed by atoms with E-state index >= 15 is 0 Å². The number of carbonyl (C=O) groups excluding carboxylic acids is 1. The van der Waals surface area contributed by atoms with Gasteiger partial charge in [-0.05, 0) is 73.8 Å². The minimum absolute atomic E-state index is 0.0923. The summed E-state index contributed by atoms with van der Waals surface area (Å²) in [5.74, 6) is 0.0923. The molecule has 3 aromatic carbocycles. The van der Waals surface area contributed by atoms with Crippen molar-refractivity contribution < 1.29 is 17.9 Å². The van der Waals surface area contributed by atoms with Crippen molar-refractivity contribution >= 4 is 50.7 Å². The Morgan fingerprint density at radius 1 is 1.03 bits per heavy atom. The van der Waals surface area contributed by atoms with Gasteiger partial charge >= 0.3 is 0 Å². The standard InChI is InChI=1S/C23H23ClN2O4S2/c1-3-30-18-10-8-17(9-11-18)26(16-23(27)25-22-7-5-4-6-21(22)24)32(28,29)20-14-12-19(31-2)13-15-20/h4-15H,3,16H2,1-2H3,(H,25,27). The predicted octanol–water partition coefficient (Wildman–Crippen LogP) is 5.29. The van der Waals surface area contributed by atoms with Gasteiger partial charge in [-0.2, -0.15) is 0 Å². The topological polar surface area (TPSA) is 75.7 Å². The Morgan fingerprint density at radius 2 is 1.69 bits per heavy atom. The van der Waals surface area contributed by atoms with Gasteiger partial charge < -0.3 is 10.1 Å². The van der Waals surface area contributed by atoms with Gasteiger partial charge in [-0.1, -0.05) is 23.7 Å². The Kier molecular flexibility index (Phi) is 8.06. The van der Waals surface area contributed by atoms with Gasteiger partial charge in [-0.25, -0.2) is 8.42 Å². The normalized spacial score (nSPS) is 11.1. The molecule has 168 valence electrons. The molecule has 0 fully saturated rings. The first-order valence-corrected chi connectivity index (χ1v) is 12.8. The van der Waals surface area contributed by atoms with Crippen molar-refractivity contribution in [1.82, 2.24) is 0 Å². The van der Waals surface area contributed by atoms with Crippen LogP contribution in [-0.4, -0.2) is 33.7 Å². The van der Waals surface area contributed by atoms with Crippen LogP contribution in [0.2, 0.25) is 5.02 Å². The van der Waals surface area contributed by atoms with Gasteiger partial charge in [0.15, 0.2) is 0 Å². The average Bonchev–Trinajstić information content (AvgIpc) is 2.80. The fourth-order valence-electron chi connectivity index (χ4n) is 2.95. The maximum Gasteiger partial charge on any atom is 0.264 e. The quantitative estimate of drug-likeness (QED) is 0.412. The zero-order valence-electron chi connectivity index (χ0n) is 17.6. The number of rotatable bonds is 9. The van der Waals surface area contributed by atoms with E-state index in [1.54, 1.807) is 60.7 Å². The molecule has 1 amide bonds. The second kappa shape index (κ2) is 10.8. The number of thioether (sulfide) groups is 1. The molecule has 0 aromatic heterocycles. The van der Waals surface area contributed by atoms with Crippen LogP contribution < -0.4 is 14.4 Å². The summed E-state index contributed by atoms with van der Waals surface area (Å²) in [6.07, 6.45) is 1.91. The molecule has 3 rings (SSSR count). The van der Waals surface area contributed by atoms with E-state index in [-0.39, 0.29) is 4.90 Å². The number of para-hydroxylation sites is 1. The van der Waals surface area contributed by atoms with Gasteiger partial charge in [0, 0.05) is 4.90 Å². The second-order valence-corrected chi connectivity index (χ2v) is 9.79. The molecule has 0 aliphatic carbocycles. The van der Waals surface area contributed by atoms with Crippen molar-refractivity contribution in [3.8, 4) is 5.75 Å². The Hall–Kier alpha value is -2.68. The van der Waals surface area contributed by atoms with E-state index in [4.69, 9.17) is 16.3 Å². The molecule has 9 heteroatoms. The van der Waals surface area contributed by atoms with E-state index in [9.17, 15) is 13.2 Å². The number of ether oxygens (including phenoxy) is 1. The molecule has 0 saturated carbocycles. The average molecular weight is 491 g/mol. The maximum atomic E-state index is 13.5. The molecule has 0 atom stereocenters. The van der Waals surface area contributed by atoms with E-state index < -0.39 is 22.5 Å². The lowest BCUT2D eigenvalue weighted by molar-refractivity contribution is -0.114. The Labute approximate surface area is 197 Å². The largest absolute Gasteiger partial charge is 0.494 e. The Bertz CT molecular complexity index is 1170. The highest BCUT2D eigenvalue weighted by Gasteiger charge is 2.27. The third kappa shape index (κ3) is 5.76. The molecule has 0 spiro atoms. The molecule has 6 nitrogen and oxygen atoms in total. The molecule has 3 aromatic rings. The minimum atomic E-state index is -4.01. The summed E-state index contributed by atoms with van der Waals surface area (Å²) in [4.78, 5) is 13.8. The van der Waals surface area contributed by atoms with Gasteiger partial charge in [-0.3, -0.25) is 9.10 Å². The van der Waals surface area contributed by atoms with E-state index in [2.05, 4.69) is 5.32 Å². The summed E-state index contributed by atoms with van der Waals surface area (Å²) in [5, 5.41) is 3.04. The van der Waals surface area contributed by atoms with Crippen LogP contribution in [0.4, 0.5) is 11.4 Å². The number of sulfonamides is 1. The number of halogens is 1. The number of nitrogens with one attached hydrogen (secondary N) is 1. The van der Waals surface area contributed by atoms with Crippen molar-refractivity contribution in [2.45, 2.75) is 16.7 Å². The number of hydrogen-bond donors (Lipinski definition) is 1. The lowest BCUT2D eigenvalue weighted by Gasteiger charge is -2.24. The zero-order valence-corrected chi connectivity index (χ0v) is 20.0. The van der Waals surface area contributed by atoms with Crippen LogP contribution in [0, 0.1) is 0 Å². The van der Waals surface area contributed by atoms with Gasteiger partial charge in [-0.15, -0.1) is 11.8 Å². The molecule has 0 radical (unpaired) electrons. The first kappa shape index (κ1) is 24.0. The van der Waals surface area contributed by atoms with Gasteiger partial charge in [0.2, 0.25) is 5.91 Å². The highest BCUT2D eigenvalue weighted by molar-refractivity contribution is 7.98. The summed E-state index contributed by atoms with van der Waals surface area (Å²) in [7, 11) is -4.01. The first-order valence-electron chi connectivity index (χ1n) is 9.79. The molecule has 0 unspecified atom stereocenters. The van der Waals surface area contributed by atoms with Crippen molar-refractivity contribution in [3.63, 3.8) is 0 Å². The molecule has 32 heavy (non-hydrogen) atoms. The summed E-state index contributed by atoms with van der Waals surface area (Å²) < 4.78 is 33.5. The van der Waals surface area contributed by atoms with Crippen molar-refractivity contribution in [3.05, 3.63) is 77.8 Å². The van der Waals surface area contributed by atoms with Crippen LogP contribution in [0.1, 0.15) is 6.92 Å². The van der Waals surface area contributed by atoms with Crippen molar-refractivity contribution in [2.24, 2.45) is 0 Å². The van der Waals surface area contributed by atoms with Crippen LogP contribution in [0.25, 0.3) is 0 Å². The molecule has 0 bridgehead atoms. The van der Waals surface area contributed by atoms with Crippen LogP contribution in [-0.2, 0) is 14.8 Å². The van der Waals surface area contributed by atoms with Crippen molar-refractivity contribution in [2.75, 3.05) is 29.0 Å². The fourth-order valence-corrected chi connectivity index (χ4v) is 4.96. The highest BCUT2D eigenvalue weighted by Crippen LogP contribution is 2.28. The highest BCUT2D eigenvalue weighted by atomic mass is 35.5. The van der Waals surface area contributed by atoms with Crippen molar-refractivity contribution in [1.29, 1.82) is 0 Å². The van der Waals surface area contributed by atoms with Crippen LogP contribution in [0.5, 0.6) is 5.75 Å². The number of carbonyl (C=O) groups is 1. The molecule has 0 saturated heterocycles. The maximum absolute atomic E-state index is 13.5. The van der Waals surface area contributed by atoms with E-state index in [0.29, 0.717) is 28.8 Å². The van der Waals surface area contributed by atoms with E-state index in [1.807, 2.05) is 13.2 Å². The lowest BCUT2D eigenvalue weighted by Crippen LogP contribution is -2.38. The monoisotopic (exact) mass is 490 g/mol. The summed E-state index contributed by atoms with van der Waals surface area (Å²) in [6.45, 7) is 1.93. The Morgan fingerprint density at radius 3 is 2.28 bits per heavy atom. The molecule has 0 aliphatic heterocycles. The van der Waals surface area contributed by atoms with Gasteiger partial charge in [0.05, 0.1) is 27.9 Å². The number of amides is 1. The van der Waals surface area contributed by atoms with Crippen LogP contribution in [0.3, 0.4) is 0 Å². The van der Waals surface area contributed by atoms with E-state index in [0.717, 1.165) is 9.20 Å². The Balaban J connectivity index is 1.94. The third-order valence-electron chi connectivity index (χ3n) is 4.52. The molecule has 0 aliphatic rings. The van der Waals surface area contributed by atoms with Crippen LogP contribution >= 0.6 is 23.4 Å². The smallest absolute Gasteiger partial charge is 0.264 e. The number of nitrogens with zero attached hydrogens (tertiary/aromatic N) is 1. The van der Waals surface area contributed by atoms with Crippen LogP contribution in [0.15, 0.2) is 82.6 Å². The molecular weight excluding hydrogens is 468 g/mol. The minimum Gasteiger partial charge on any atom is -0.494 e. The fraction of sp³-hybridized carbons (Fsp3) is 0.174. The van der Waals surface area contributed by atoms with Gasteiger partial charge in [0.1, 0.15) is 12.3 Å². The molecular formula is C23H23ClN2O4S2. The zero-order chi connectivity index (χ0) is 23.1. The number of hydrogen-bond acceptors (Lipinski definition) is 5. The first-order chi connectivity index (χ1) is 15.3. The summed E-state index contributed by atoms with van der Waals surface area (Å²) in [5.41, 5.74) is 0.754. The predicted molar refractivity (Wildman–Crippen MR) is 130 cm³/mol. The number of benzene rings is 3. The molecule has 0 heterocycles. The third-order valence-corrected chi connectivity index (χ3v) is 7.38. The number of anilines is 2.